The number of nitrogens with zero attached hydrogens (tertiary/aromatic N) is 3. The van der Waals surface area contributed by atoms with Crippen molar-refractivity contribution in [2.24, 2.45) is 5.92 Å². The summed E-state index contributed by atoms with van der Waals surface area (Å²) in [5, 5.41) is 25.7. The average molecular weight is 568 g/mol. The van der Waals surface area contributed by atoms with Crippen LogP contribution in [0.15, 0.2) is 53.4 Å². The monoisotopic (exact) mass is 567 g/mol. The predicted octanol–water partition coefficient (Wildman–Crippen LogP) is 4.13. The zero-order valence-electron chi connectivity index (χ0n) is 19.6. The molecular weight excluding hydrogens is 542 g/mol. The molecule has 36 heavy (non-hydrogen) atoms. The number of rotatable bonds is 7. The SMILES string of the molecule is Cc1ccc(C(=O)c2cncnc2N[C@@H]2C[C@H](CCc3ccc4cc(Br)c(N)nc4c3)[C@@H](O)[C@H]2O)s1. The van der Waals surface area contributed by atoms with E-state index in [-0.39, 0.29) is 11.7 Å². The van der Waals surface area contributed by atoms with Crippen LogP contribution in [-0.2, 0) is 6.42 Å². The van der Waals surface area contributed by atoms with E-state index in [2.05, 4.69) is 36.2 Å². The summed E-state index contributed by atoms with van der Waals surface area (Å²) in [7, 11) is 0. The average Bonchev–Trinajstić information content (AvgIpc) is 3.42. The first-order valence-electron chi connectivity index (χ1n) is 11.7. The lowest BCUT2D eigenvalue weighted by atomic mass is 9.95. The van der Waals surface area contributed by atoms with E-state index < -0.39 is 18.2 Å². The van der Waals surface area contributed by atoms with Crippen LogP contribution >= 0.6 is 27.3 Å². The molecule has 186 valence electrons. The van der Waals surface area contributed by atoms with Gasteiger partial charge in [-0.25, -0.2) is 15.0 Å². The number of fused-ring (bicyclic) bond motifs is 1. The quantitative estimate of drug-likeness (QED) is 0.245. The maximum Gasteiger partial charge on any atom is 0.208 e. The summed E-state index contributed by atoms with van der Waals surface area (Å²) in [4.78, 5) is 27.4. The molecule has 0 unspecified atom stereocenters. The van der Waals surface area contributed by atoms with Crippen LogP contribution in [0, 0.1) is 12.8 Å². The summed E-state index contributed by atoms with van der Waals surface area (Å²) >= 11 is 4.82. The number of carbonyl (C=O) groups excluding carboxylic acids is 1. The highest BCUT2D eigenvalue weighted by molar-refractivity contribution is 9.10. The van der Waals surface area contributed by atoms with E-state index in [0.29, 0.717) is 34.9 Å². The van der Waals surface area contributed by atoms with Crippen molar-refractivity contribution in [2.75, 3.05) is 11.1 Å². The molecule has 5 N–H and O–H groups in total. The second-order valence-corrected chi connectivity index (χ2v) is 11.3. The van der Waals surface area contributed by atoms with Gasteiger partial charge in [0.05, 0.1) is 32.6 Å². The zero-order valence-corrected chi connectivity index (χ0v) is 22.0. The Kier molecular flexibility index (Phi) is 7.03. The molecule has 1 fully saturated rings. The van der Waals surface area contributed by atoms with Gasteiger partial charge in [-0.2, -0.15) is 0 Å². The molecule has 1 aromatic carbocycles. The molecule has 1 saturated carbocycles. The van der Waals surface area contributed by atoms with E-state index in [4.69, 9.17) is 5.73 Å². The molecule has 0 spiro atoms. The Morgan fingerprint density at radius 1 is 1.22 bits per heavy atom. The van der Waals surface area contributed by atoms with E-state index in [0.717, 1.165) is 32.2 Å². The Labute approximate surface area is 220 Å². The number of aliphatic hydroxyl groups excluding tert-OH is 2. The minimum atomic E-state index is -0.979. The molecule has 0 aliphatic heterocycles. The predicted molar refractivity (Wildman–Crippen MR) is 144 cm³/mol. The van der Waals surface area contributed by atoms with Crippen LogP contribution in [0.1, 0.15) is 38.5 Å². The third-order valence-electron chi connectivity index (χ3n) is 6.71. The van der Waals surface area contributed by atoms with Gasteiger partial charge in [0.25, 0.3) is 0 Å². The van der Waals surface area contributed by atoms with Gasteiger partial charge in [-0.15, -0.1) is 11.3 Å². The summed E-state index contributed by atoms with van der Waals surface area (Å²) in [6.45, 7) is 1.95. The third-order valence-corrected chi connectivity index (χ3v) is 8.35. The van der Waals surface area contributed by atoms with Crippen LogP contribution in [-0.4, -0.2) is 49.2 Å². The molecule has 3 heterocycles. The lowest BCUT2D eigenvalue weighted by molar-refractivity contribution is 0.0158. The lowest BCUT2D eigenvalue weighted by Gasteiger charge is -2.19. The summed E-state index contributed by atoms with van der Waals surface area (Å²) < 4.78 is 0.767. The minimum absolute atomic E-state index is 0.114. The minimum Gasteiger partial charge on any atom is -0.390 e. The van der Waals surface area contributed by atoms with Gasteiger partial charge in [0.2, 0.25) is 5.78 Å². The fourth-order valence-corrected chi connectivity index (χ4v) is 5.90. The summed E-state index contributed by atoms with van der Waals surface area (Å²) in [5.74, 6) is 0.525. The molecule has 4 aromatic rings. The number of pyridine rings is 1. The Morgan fingerprint density at radius 2 is 2.06 bits per heavy atom. The molecule has 0 radical (unpaired) electrons. The van der Waals surface area contributed by atoms with Crippen LogP contribution in [0.25, 0.3) is 10.9 Å². The Hall–Kier alpha value is -2.92. The molecule has 1 aliphatic rings. The van der Waals surface area contributed by atoms with Crippen LogP contribution in [0.2, 0.25) is 0 Å². The molecule has 3 aromatic heterocycles. The number of anilines is 2. The van der Waals surface area contributed by atoms with E-state index in [9.17, 15) is 15.0 Å². The van der Waals surface area contributed by atoms with Crippen LogP contribution in [0.4, 0.5) is 11.6 Å². The molecule has 0 saturated heterocycles. The molecule has 0 bridgehead atoms. The van der Waals surface area contributed by atoms with Crippen molar-refractivity contribution in [1.29, 1.82) is 0 Å². The topological polar surface area (TPSA) is 134 Å². The molecule has 8 nitrogen and oxygen atoms in total. The number of aliphatic hydroxyl groups is 2. The number of aryl methyl sites for hydroxylation is 2. The van der Waals surface area contributed by atoms with Crippen LogP contribution < -0.4 is 11.1 Å². The Morgan fingerprint density at radius 3 is 2.83 bits per heavy atom. The maximum absolute atomic E-state index is 13.0. The second kappa shape index (κ2) is 10.2. The van der Waals surface area contributed by atoms with Gasteiger partial charge < -0.3 is 21.3 Å². The number of nitrogens with two attached hydrogens (primary N) is 1. The second-order valence-electron chi connectivity index (χ2n) is 9.17. The van der Waals surface area contributed by atoms with Crippen molar-refractivity contribution in [2.45, 2.75) is 44.4 Å². The number of hydrogen-bond donors (Lipinski definition) is 4. The van der Waals surface area contributed by atoms with Crippen molar-refractivity contribution in [3.63, 3.8) is 0 Å². The van der Waals surface area contributed by atoms with Crippen LogP contribution in [0.3, 0.4) is 0 Å². The number of hydrogen-bond acceptors (Lipinski definition) is 9. The van der Waals surface area contributed by atoms with Crippen molar-refractivity contribution >= 4 is 55.6 Å². The van der Waals surface area contributed by atoms with Gasteiger partial charge in [-0.1, -0.05) is 12.1 Å². The van der Waals surface area contributed by atoms with Crippen molar-refractivity contribution < 1.29 is 15.0 Å². The normalized spacial score (nSPS) is 21.7. The van der Waals surface area contributed by atoms with E-state index >= 15 is 0 Å². The highest BCUT2D eigenvalue weighted by Crippen LogP contribution is 2.33. The number of benzene rings is 1. The molecular formula is C26H26BrN5O3S. The number of nitrogens with one attached hydrogen (secondary N) is 1. The van der Waals surface area contributed by atoms with E-state index in [1.807, 2.05) is 37.3 Å². The maximum atomic E-state index is 13.0. The van der Waals surface area contributed by atoms with Gasteiger partial charge >= 0.3 is 0 Å². The van der Waals surface area contributed by atoms with Gasteiger partial charge in [0.15, 0.2) is 0 Å². The van der Waals surface area contributed by atoms with Crippen molar-refractivity contribution in [3.05, 3.63) is 74.3 Å². The van der Waals surface area contributed by atoms with Gasteiger partial charge in [-0.3, -0.25) is 4.79 Å². The standard InChI is InChI=1S/C26H26BrN5O3S/c1-13-2-7-21(36-13)23(34)17-11-29-12-30-26(17)32-20-10-16(22(33)24(20)35)6-4-14-3-5-15-9-18(27)25(28)31-19(15)8-14/h2-3,5,7-9,11-12,16,20,22,24,33,35H,4,6,10H2,1H3,(H2,28,31)(H,29,30,32)/t16-,20+,22+,24-/m0/s1. The molecule has 5 rings (SSSR count). The molecule has 4 atom stereocenters. The third kappa shape index (κ3) is 4.99. The van der Waals surface area contributed by atoms with Gasteiger partial charge in [-0.05, 0) is 77.9 Å². The van der Waals surface area contributed by atoms with Crippen LogP contribution in [0.5, 0.6) is 0 Å². The molecule has 1 aliphatic carbocycles. The Balaban J connectivity index is 1.27. The van der Waals surface area contributed by atoms with Crippen molar-refractivity contribution in [3.8, 4) is 0 Å². The summed E-state index contributed by atoms with van der Waals surface area (Å²) in [5.41, 5.74) is 8.18. The molecule has 0 amide bonds. The first-order valence-corrected chi connectivity index (χ1v) is 13.3. The number of nitrogen functional groups attached to an aromatic ring is 1. The largest absolute Gasteiger partial charge is 0.390 e. The zero-order chi connectivity index (χ0) is 25.4. The van der Waals surface area contributed by atoms with Gasteiger partial charge in [0, 0.05) is 16.5 Å². The van der Waals surface area contributed by atoms with Crippen molar-refractivity contribution in [1.82, 2.24) is 15.0 Å². The lowest BCUT2D eigenvalue weighted by Crippen LogP contribution is -2.35. The first kappa shape index (κ1) is 24.8. The smallest absolute Gasteiger partial charge is 0.208 e. The number of thiophene rings is 1. The Bertz CT molecular complexity index is 1430. The first-order chi connectivity index (χ1) is 17.3. The fourth-order valence-electron chi connectivity index (χ4n) is 4.74. The van der Waals surface area contributed by atoms with Gasteiger partial charge in [0.1, 0.15) is 24.1 Å². The summed E-state index contributed by atoms with van der Waals surface area (Å²) in [6.07, 6.45) is 2.96. The number of ketones is 1. The fraction of sp³-hybridized carbons (Fsp3) is 0.308. The number of aromatic nitrogens is 3. The summed E-state index contributed by atoms with van der Waals surface area (Å²) in [6, 6.07) is 11.3. The highest BCUT2D eigenvalue weighted by Gasteiger charge is 2.41. The van der Waals surface area contributed by atoms with E-state index in [1.54, 1.807) is 6.07 Å². The number of halogens is 1. The highest BCUT2D eigenvalue weighted by atomic mass is 79.9. The van der Waals surface area contributed by atoms with E-state index in [1.165, 1.54) is 23.9 Å². The number of carbonyl (C=O) groups is 1. The molecule has 10 heteroatoms.